The summed E-state index contributed by atoms with van der Waals surface area (Å²) in [6.07, 6.45) is 3.35. The second kappa shape index (κ2) is 6.42. The van der Waals surface area contributed by atoms with Crippen LogP contribution in [0, 0.1) is 0 Å². The van der Waals surface area contributed by atoms with Crippen LogP contribution in [0.15, 0.2) is 0 Å². The first-order valence-corrected chi connectivity index (χ1v) is 7.08. The second-order valence-corrected chi connectivity index (χ2v) is 5.66. The Morgan fingerprint density at radius 1 is 1.40 bits per heavy atom. The number of nitrogens with one attached hydrogen (secondary N) is 1. The number of nitrogens with two attached hydrogens (primary N) is 1. The van der Waals surface area contributed by atoms with Crippen LogP contribution in [-0.4, -0.2) is 40.0 Å². The fourth-order valence-corrected chi connectivity index (χ4v) is 2.90. The van der Waals surface area contributed by atoms with E-state index in [9.17, 15) is 8.42 Å². The topological polar surface area (TPSA) is 81.4 Å². The molecule has 1 aliphatic rings. The molecule has 1 rings (SSSR count). The fraction of sp³-hybridized carbons (Fsp3) is 1.00. The molecule has 1 unspecified atom stereocenters. The van der Waals surface area contributed by atoms with Gasteiger partial charge in [-0.05, 0) is 32.2 Å². The molecule has 15 heavy (non-hydrogen) atoms. The van der Waals surface area contributed by atoms with Crippen molar-refractivity contribution in [3.05, 3.63) is 0 Å². The Kier molecular flexibility index (Phi) is 5.52. The Balaban J connectivity index is 2.19. The van der Waals surface area contributed by atoms with Gasteiger partial charge in [-0.2, -0.15) is 0 Å². The highest BCUT2D eigenvalue weighted by Gasteiger charge is 2.22. The molecule has 1 saturated heterocycles. The summed E-state index contributed by atoms with van der Waals surface area (Å²) in [6.45, 7) is 1.77. The molecular weight excluding hydrogens is 216 g/mol. The third-order valence-electron chi connectivity index (χ3n) is 2.38. The largest absolute Gasteiger partial charge is 0.377 e. The van der Waals surface area contributed by atoms with Gasteiger partial charge in [-0.25, -0.2) is 13.1 Å². The number of unbranched alkanes of at least 4 members (excludes halogenated alkanes) is 1. The summed E-state index contributed by atoms with van der Waals surface area (Å²) in [5.74, 6) is 0.0929. The van der Waals surface area contributed by atoms with Gasteiger partial charge in [0.2, 0.25) is 10.0 Å². The first-order valence-electron chi connectivity index (χ1n) is 5.43. The van der Waals surface area contributed by atoms with Crippen LogP contribution in [0.1, 0.15) is 25.7 Å². The van der Waals surface area contributed by atoms with E-state index in [1.54, 1.807) is 0 Å². The molecule has 0 aliphatic carbocycles. The molecule has 90 valence electrons. The van der Waals surface area contributed by atoms with Gasteiger partial charge in [-0.15, -0.1) is 0 Å². The van der Waals surface area contributed by atoms with Crippen LogP contribution in [0.2, 0.25) is 0 Å². The first-order chi connectivity index (χ1) is 7.14. The van der Waals surface area contributed by atoms with E-state index < -0.39 is 10.0 Å². The number of hydrogen-bond donors (Lipinski definition) is 2. The maximum absolute atomic E-state index is 11.5. The molecule has 0 saturated carbocycles. The highest BCUT2D eigenvalue weighted by atomic mass is 32.2. The third kappa shape index (κ3) is 5.46. The van der Waals surface area contributed by atoms with Gasteiger partial charge in [-0.1, -0.05) is 0 Å². The van der Waals surface area contributed by atoms with Crippen LogP contribution in [0.4, 0.5) is 0 Å². The predicted molar refractivity (Wildman–Crippen MR) is 59.1 cm³/mol. The van der Waals surface area contributed by atoms with Gasteiger partial charge in [0.15, 0.2) is 0 Å². The first kappa shape index (κ1) is 12.9. The average molecular weight is 236 g/mol. The molecule has 0 radical (unpaired) electrons. The van der Waals surface area contributed by atoms with Gasteiger partial charge < -0.3 is 10.5 Å². The highest BCUT2D eigenvalue weighted by Crippen LogP contribution is 2.13. The molecular formula is C9H20N2O3S. The van der Waals surface area contributed by atoms with E-state index in [2.05, 4.69) is 4.72 Å². The summed E-state index contributed by atoms with van der Waals surface area (Å²) < 4.78 is 30.9. The fourth-order valence-electron chi connectivity index (χ4n) is 1.58. The summed E-state index contributed by atoms with van der Waals surface area (Å²) in [4.78, 5) is 0. The molecule has 3 N–H and O–H groups in total. The lowest BCUT2D eigenvalue weighted by atomic mass is 10.3. The predicted octanol–water partition coefficient (Wildman–Crippen LogP) is -0.176. The summed E-state index contributed by atoms with van der Waals surface area (Å²) in [6, 6.07) is 0. The quantitative estimate of drug-likeness (QED) is 0.601. The molecule has 0 aromatic heterocycles. The summed E-state index contributed by atoms with van der Waals surface area (Å²) in [7, 11) is -3.16. The van der Waals surface area contributed by atoms with Gasteiger partial charge in [-0.3, -0.25) is 0 Å². The minimum atomic E-state index is -3.16. The molecule has 0 bridgehead atoms. The SMILES string of the molecule is NCCCCNS(=O)(=O)CC1CCCO1. The number of ether oxygens (including phenoxy) is 1. The van der Waals surface area contributed by atoms with Crippen molar-refractivity contribution >= 4 is 10.0 Å². The van der Waals surface area contributed by atoms with Crippen molar-refractivity contribution in [1.29, 1.82) is 0 Å². The average Bonchev–Trinajstić information content (AvgIpc) is 2.64. The Morgan fingerprint density at radius 3 is 2.80 bits per heavy atom. The number of hydrogen-bond acceptors (Lipinski definition) is 4. The minimum Gasteiger partial charge on any atom is -0.377 e. The van der Waals surface area contributed by atoms with E-state index in [1.165, 1.54) is 0 Å². The zero-order valence-electron chi connectivity index (χ0n) is 8.94. The highest BCUT2D eigenvalue weighted by molar-refractivity contribution is 7.89. The number of sulfonamides is 1. The van der Waals surface area contributed by atoms with E-state index >= 15 is 0 Å². The lowest BCUT2D eigenvalue weighted by Crippen LogP contribution is -2.32. The third-order valence-corrected chi connectivity index (χ3v) is 3.84. The zero-order valence-corrected chi connectivity index (χ0v) is 9.76. The van der Waals surface area contributed by atoms with Gasteiger partial charge in [0.05, 0.1) is 11.9 Å². The standard InChI is InChI=1S/C9H20N2O3S/c10-5-1-2-6-11-15(12,13)8-9-4-3-7-14-9/h9,11H,1-8,10H2. The molecule has 5 nitrogen and oxygen atoms in total. The van der Waals surface area contributed by atoms with Crippen molar-refractivity contribution in [3.63, 3.8) is 0 Å². The summed E-state index contributed by atoms with van der Waals surface area (Å²) in [5, 5.41) is 0. The van der Waals surface area contributed by atoms with Crippen LogP contribution in [-0.2, 0) is 14.8 Å². The van der Waals surface area contributed by atoms with Crippen molar-refractivity contribution in [2.45, 2.75) is 31.8 Å². The zero-order chi connectivity index (χ0) is 11.1. The molecule has 1 atom stereocenters. The van der Waals surface area contributed by atoms with Gasteiger partial charge in [0.25, 0.3) is 0 Å². The van der Waals surface area contributed by atoms with E-state index in [0.29, 0.717) is 19.7 Å². The molecule has 6 heteroatoms. The van der Waals surface area contributed by atoms with Crippen molar-refractivity contribution in [1.82, 2.24) is 4.72 Å². The number of rotatable bonds is 7. The van der Waals surface area contributed by atoms with Crippen LogP contribution in [0.3, 0.4) is 0 Å². The van der Waals surface area contributed by atoms with E-state index in [1.807, 2.05) is 0 Å². The van der Waals surface area contributed by atoms with Gasteiger partial charge in [0.1, 0.15) is 0 Å². The molecule has 0 aromatic rings. The monoisotopic (exact) mass is 236 g/mol. The van der Waals surface area contributed by atoms with Crippen molar-refractivity contribution in [2.75, 3.05) is 25.4 Å². The molecule has 1 aliphatic heterocycles. The Hall–Kier alpha value is -0.170. The van der Waals surface area contributed by atoms with Crippen molar-refractivity contribution < 1.29 is 13.2 Å². The van der Waals surface area contributed by atoms with Crippen molar-refractivity contribution in [2.24, 2.45) is 5.73 Å². The molecule has 0 aromatic carbocycles. The molecule has 0 amide bonds. The normalized spacial score (nSPS) is 22.1. The Bertz CT molecular complexity index is 261. The van der Waals surface area contributed by atoms with Crippen LogP contribution < -0.4 is 10.5 Å². The van der Waals surface area contributed by atoms with Crippen LogP contribution >= 0.6 is 0 Å². The van der Waals surface area contributed by atoms with Crippen LogP contribution in [0.25, 0.3) is 0 Å². The van der Waals surface area contributed by atoms with E-state index in [-0.39, 0.29) is 11.9 Å². The molecule has 1 heterocycles. The maximum atomic E-state index is 11.5. The van der Waals surface area contributed by atoms with E-state index in [4.69, 9.17) is 10.5 Å². The van der Waals surface area contributed by atoms with Crippen LogP contribution in [0.5, 0.6) is 0 Å². The minimum absolute atomic E-state index is 0.0929. The molecule has 0 spiro atoms. The lowest BCUT2D eigenvalue weighted by Gasteiger charge is -2.10. The van der Waals surface area contributed by atoms with Gasteiger partial charge in [0, 0.05) is 13.2 Å². The second-order valence-electron chi connectivity index (χ2n) is 3.81. The van der Waals surface area contributed by atoms with E-state index in [0.717, 1.165) is 25.7 Å². The van der Waals surface area contributed by atoms with Gasteiger partial charge >= 0.3 is 0 Å². The van der Waals surface area contributed by atoms with Crippen molar-refractivity contribution in [3.8, 4) is 0 Å². The summed E-state index contributed by atoms with van der Waals surface area (Å²) >= 11 is 0. The maximum Gasteiger partial charge on any atom is 0.214 e. The summed E-state index contributed by atoms with van der Waals surface area (Å²) in [5.41, 5.74) is 5.31. The Morgan fingerprint density at radius 2 is 2.20 bits per heavy atom. The lowest BCUT2D eigenvalue weighted by molar-refractivity contribution is 0.127. The smallest absolute Gasteiger partial charge is 0.214 e. The Labute approximate surface area is 91.4 Å². The molecule has 1 fully saturated rings.